The zero-order valence-corrected chi connectivity index (χ0v) is 15.1. The zero-order valence-electron chi connectivity index (χ0n) is 13.6. The molecule has 0 unspecified atom stereocenters. The highest BCUT2D eigenvalue weighted by atomic mass is 35.5. The van der Waals surface area contributed by atoms with Crippen LogP contribution >= 0.6 is 23.2 Å². The molecule has 0 saturated carbocycles. The molecular formula is C18H13Cl2NO5. The van der Waals surface area contributed by atoms with E-state index >= 15 is 0 Å². The van der Waals surface area contributed by atoms with Crippen LogP contribution in [0.5, 0.6) is 5.75 Å². The molecule has 6 nitrogen and oxygen atoms in total. The Kier molecular flexibility index (Phi) is 5.15. The Morgan fingerprint density at radius 1 is 1.23 bits per heavy atom. The molecule has 3 aromatic rings. The fourth-order valence-electron chi connectivity index (χ4n) is 2.47. The molecule has 2 aromatic heterocycles. The summed E-state index contributed by atoms with van der Waals surface area (Å²) in [7, 11) is 0. The molecule has 0 aliphatic carbocycles. The standard InChI is InChI=1S/C18H13Cl2NO5/c1-2-9-3-12-11(5-16(23)26-15(12)6-14(9)22)8-25-18(24)10-4-13(19)17(20)21-7-10/h3-7,22H,2,8H2,1H3. The van der Waals surface area contributed by atoms with Gasteiger partial charge in [-0.25, -0.2) is 14.6 Å². The van der Waals surface area contributed by atoms with Crippen molar-refractivity contribution in [2.24, 2.45) is 0 Å². The van der Waals surface area contributed by atoms with Crippen molar-refractivity contribution in [1.82, 2.24) is 4.98 Å². The summed E-state index contributed by atoms with van der Waals surface area (Å²) < 4.78 is 10.4. The summed E-state index contributed by atoms with van der Waals surface area (Å²) in [6.07, 6.45) is 1.84. The molecule has 1 aromatic carbocycles. The molecule has 0 spiro atoms. The number of hydrogen-bond acceptors (Lipinski definition) is 6. The number of hydrogen-bond donors (Lipinski definition) is 1. The highest BCUT2D eigenvalue weighted by Crippen LogP contribution is 2.27. The van der Waals surface area contributed by atoms with Gasteiger partial charge in [-0.3, -0.25) is 0 Å². The lowest BCUT2D eigenvalue weighted by Crippen LogP contribution is -2.08. The number of rotatable bonds is 4. The summed E-state index contributed by atoms with van der Waals surface area (Å²) in [6.45, 7) is 1.73. The van der Waals surface area contributed by atoms with Crippen LogP contribution in [0, 0.1) is 0 Å². The molecule has 0 fully saturated rings. The third-order valence-corrected chi connectivity index (χ3v) is 4.49. The van der Waals surface area contributed by atoms with E-state index in [9.17, 15) is 14.7 Å². The summed E-state index contributed by atoms with van der Waals surface area (Å²) in [4.78, 5) is 27.7. The lowest BCUT2D eigenvalue weighted by molar-refractivity contribution is 0.0473. The van der Waals surface area contributed by atoms with Crippen molar-refractivity contribution < 1.29 is 19.1 Å². The number of esters is 1. The second kappa shape index (κ2) is 7.35. The molecule has 0 amide bonds. The minimum Gasteiger partial charge on any atom is -0.508 e. The van der Waals surface area contributed by atoms with Gasteiger partial charge >= 0.3 is 11.6 Å². The number of aromatic nitrogens is 1. The average molecular weight is 394 g/mol. The fraction of sp³-hybridized carbons (Fsp3) is 0.167. The van der Waals surface area contributed by atoms with Crippen LogP contribution in [0.25, 0.3) is 11.0 Å². The number of nitrogens with zero attached hydrogens (tertiary/aromatic N) is 1. The predicted molar refractivity (Wildman–Crippen MR) is 96.9 cm³/mol. The molecule has 0 aliphatic rings. The molecular weight excluding hydrogens is 381 g/mol. The lowest BCUT2D eigenvalue weighted by Gasteiger charge is -2.09. The van der Waals surface area contributed by atoms with Gasteiger partial charge in [0.15, 0.2) is 0 Å². The molecule has 26 heavy (non-hydrogen) atoms. The SMILES string of the molecule is CCc1cc2c(COC(=O)c3cnc(Cl)c(Cl)c3)cc(=O)oc2cc1O. The van der Waals surface area contributed by atoms with E-state index in [1.165, 1.54) is 24.4 Å². The van der Waals surface area contributed by atoms with Crippen LogP contribution in [0.1, 0.15) is 28.4 Å². The topological polar surface area (TPSA) is 89.6 Å². The van der Waals surface area contributed by atoms with Gasteiger partial charge in [0.05, 0.1) is 10.6 Å². The predicted octanol–water partition coefficient (Wildman–Crippen LogP) is 4.12. The normalized spacial score (nSPS) is 10.9. The number of fused-ring (bicyclic) bond motifs is 1. The van der Waals surface area contributed by atoms with Crippen LogP contribution in [0.2, 0.25) is 10.2 Å². The van der Waals surface area contributed by atoms with Gasteiger partial charge in [-0.1, -0.05) is 30.1 Å². The maximum absolute atomic E-state index is 12.2. The molecule has 0 radical (unpaired) electrons. The number of carbonyl (C=O) groups excluding carboxylic acids is 1. The first-order valence-electron chi connectivity index (χ1n) is 7.65. The second-order valence-electron chi connectivity index (χ2n) is 5.49. The first-order valence-corrected chi connectivity index (χ1v) is 8.41. The maximum atomic E-state index is 12.2. The number of pyridine rings is 1. The molecule has 134 valence electrons. The minimum absolute atomic E-state index is 0.0409. The quantitative estimate of drug-likeness (QED) is 0.407. The molecule has 0 aliphatic heterocycles. The van der Waals surface area contributed by atoms with Crippen LogP contribution < -0.4 is 5.63 Å². The van der Waals surface area contributed by atoms with Crippen LogP contribution in [0.4, 0.5) is 0 Å². The van der Waals surface area contributed by atoms with Gasteiger partial charge in [0.2, 0.25) is 0 Å². The van der Waals surface area contributed by atoms with Gasteiger partial charge in [0, 0.05) is 29.3 Å². The van der Waals surface area contributed by atoms with Crippen LogP contribution in [-0.2, 0) is 17.8 Å². The molecule has 0 saturated heterocycles. The van der Waals surface area contributed by atoms with E-state index in [4.69, 9.17) is 32.4 Å². The van der Waals surface area contributed by atoms with Crippen molar-refractivity contribution in [2.75, 3.05) is 0 Å². The smallest absolute Gasteiger partial charge is 0.340 e. The van der Waals surface area contributed by atoms with Crippen molar-refractivity contribution in [3.05, 3.63) is 67.7 Å². The summed E-state index contributed by atoms with van der Waals surface area (Å²) in [5, 5.41) is 10.7. The monoisotopic (exact) mass is 393 g/mol. The van der Waals surface area contributed by atoms with E-state index in [0.29, 0.717) is 22.9 Å². The van der Waals surface area contributed by atoms with Crippen molar-refractivity contribution in [2.45, 2.75) is 20.0 Å². The summed E-state index contributed by atoms with van der Waals surface area (Å²) in [6, 6.07) is 5.68. The second-order valence-corrected chi connectivity index (χ2v) is 6.26. The fourth-order valence-corrected chi connectivity index (χ4v) is 2.74. The van der Waals surface area contributed by atoms with E-state index < -0.39 is 11.6 Å². The van der Waals surface area contributed by atoms with E-state index in [-0.39, 0.29) is 33.7 Å². The van der Waals surface area contributed by atoms with Crippen molar-refractivity contribution >= 4 is 40.1 Å². The van der Waals surface area contributed by atoms with Gasteiger partial charge in [-0.2, -0.15) is 0 Å². The van der Waals surface area contributed by atoms with E-state index in [0.717, 1.165) is 0 Å². The lowest BCUT2D eigenvalue weighted by atomic mass is 10.0. The Labute approximate surface area is 157 Å². The van der Waals surface area contributed by atoms with Crippen LogP contribution in [0.3, 0.4) is 0 Å². The van der Waals surface area contributed by atoms with Crippen molar-refractivity contribution in [3.63, 3.8) is 0 Å². The van der Waals surface area contributed by atoms with Crippen LogP contribution in [-0.4, -0.2) is 16.1 Å². The van der Waals surface area contributed by atoms with Gasteiger partial charge in [-0.05, 0) is 24.1 Å². The van der Waals surface area contributed by atoms with Crippen LogP contribution in [0.15, 0.2) is 39.7 Å². The summed E-state index contributed by atoms with van der Waals surface area (Å²) in [5.74, 6) is -0.619. The molecule has 8 heteroatoms. The largest absolute Gasteiger partial charge is 0.508 e. The van der Waals surface area contributed by atoms with E-state index in [1.807, 2.05) is 6.92 Å². The maximum Gasteiger partial charge on any atom is 0.340 e. The number of halogens is 2. The molecule has 3 rings (SSSR count). The highest BCUT2D eigenvalue weighted by Gasteiger charge is 2.14. The Bertz CT molecular complexity index is 1060. The van der Waals surface area contributed by atoms with Crippen molar-refractivity contribution in [1.29, 1.82) is 0 Å². The third-order valence-electron chi connectivity index (χ3n) is 3.80. The van der Waals surface area contributed by atoms with Gasteiger partial charge in [0.1, 0.15) is 23.1 Å². The third kappa shape index (κ3) is 3.66. The first-order chi connectivity index (χ1) is 12.4. The van der Waals surface area contributed by atoms with Crippen molar-refractivity contribution in [3.8, 4) is 5.75 Å². The molecule has 0 bridgehead atoms. The zero-order chi connectivity index (χ0) is 18.8. The van der Waals surface area contributed by atoms with Gasteiger partial charge in [0.25, 0.3) is 0 Å². The number of carbonyl (C=O) groups is 1. The van der Waals surface area contributed by atoms with Gasteiger partial charge in [-0.15, -0.1) is 0 Å². The Hall–Kier alpha value is -2.57. The summed E-state index contributed by atoms with van der Waals surface area (Å²) in [5.41, 5.74) is 0.899. The number of phenolic OH excluding ortho intramolecular Hbond substituents is 1. The molecule has 2 heterocycles. The Morgan fingerprint density at radius 3 is 2.69 bits per heavy atom. The number of aryl methyl sites for hydroxylation is 1. The highest BCUT2D eigenvalue weighted by molar-refractivity contribution is 6.41. The number of benzene rings is 1. The van der Waals surface area contributed by atoms with E-state index in [1.54, 1.807) is 6.07 Å². The van der Waals surface area contributed by atoms with E-state index in [2.05, 4.69) is 4.98 Å². The first kappa shape index (κ1) is 18.2. The Balaban J connectivity index is 1.91. The molecule has 0 atom stereocenters. The average Bonchev–Trinajstić information content (AvgIpc) is 2.61. The number of aromatic hydroxyl groups is 1. The summed E-state index contributed by atoms with van der Waals surface area (Å²) >= 11 is 11.6. The number of phenols is 1. The molecule has 1 N–H and O–H groups in total. The van der Waals surface area contributed by atoms with Gasteiger partial charge < -0.3 is 14.3 Å². The minimum atomic E-state index is -0.660. The number of ether oxygens (including phenoxy) is 1. The Morgan fingerprint density at radius 2 is 2.00 bits per heavy atom.